The summed E-state index contributed by atoms with van der Waals surface area (Å²) in [5, 5.41) is 4.65. The van der Waals surface area contributed by atoms with Gasteiger partial charge in [0.25, 0.3) is 10.6 Å². The fraction of sp³-hybridized carbons (Fsp3) is 0.154. The second-order valence-corrected chi connectivity index (χ2v) is 11.2. The fourth-order valence-corrected chi connectivity index (χ4v) is 8.09. The van der Waals surface area contributed by atoms with Crippen molar-refractivity contribution in [3.63, 3.8) is 0 Å². The number of aryl methyl sites for hydroxylation is 1. The van der Waals surface area contributed by atoms with E-state index in [-0.39, 0.29) is 5.56 Å². The number of nitrogens with zero attached hydrogens (tertiary/aromatic N) is 3. The highest BCUT2D eigenvalue weighted by atomic mass is 32.2. The van der Waals surface area contributed by atoms with Crippen LogP contribution >= 0.6 is 34.4 Å². The lowest BCUT2D eigenvalue weighted by molar-refractivity contribution is -0.641. The predicted molar refractivity (Wildman–Crippen MR) is 142 cm³/mol. The van der Waals surface area contributed by atoms with Gasteiger partial charge in [0.15, 0.2) is 0 Å². The molecule has 0 radical (unpaired) electrons. The molecule has 0 saturated carbocycles. The summed E-state index contributed by atoms with van der Waals surface area (Å²) in [6.45, 7) is 2.69. The molecule has 2 aromatic heterocycles. The molecule has 6 rings (SSSR count). The molecule has 0 N–H and O–H groups in total. The van der Waals surface area contributed by atoms with E-state index >= 15 is 0 Å². The van der Waals surface area contributed by atoms with Gasteiger partial charge in [-0.3, -0.25) is 9.36 Å². The molecule has 33 heavy (non-hydrogen) atoms. The molecule has 7 heteroatoms. The maximum absolute atomic E-state index is 13.4. The molecular formula is C26H22N3OS3+. The number of rotatable bonds is 2. The lowest BCUT2D eigenvalue weighted by Gasteiger charge is -2.11. The first-order chi connectivity index (χ1) is 16.1. The molecule has 0 amide bonds. The molecule has 1 aliphatic rings. The van der Waals surface area contributed by atoms with Gasteiger partial charge in [-0.05, 0) is 36.6 Å². The predicted octanol–water partition coefficient (Wildman–Crippen LogP) is 4.26. The van der Waals surface area contributed by atoms with Crippen LogP contribution in [0.1, 0.15) is 11.9 Å². The molecule has 0 unspecified atom stereocenters. The fourth-order valence-electron chi connectivity index (χ4n) is 4.46. The summed E-state index contributed by atoms with van der Waals surface area (Å²) in [6, 6.07) is 21.2. The first-order valence-electron chi connectivity index (χ1n) is 10.8. The molecule has 5 aromatic rings. The first kappa shape index (κ1) is 20.7. The Balaban J connectivity index is 1.58. The van der Waals surface area contributed by atoms with Crippen molar-refractivity contribution in [2.24, 2.45) is 7.05 Å². The van der Waals surface area contributed by atoms with Gasteiger partial charge in [0.05, 0.1) is 17.1 Å². The van der Waals surface area contributed by atoms with Crippen LogP contribution in [0.3, 0.4) is 0 Å². The van der Waals surface area contributed by atoms with Crippen LogP contribution in [0.4, 0.5) is 5.69 Å². The number of para-hydroxylation sites is 1. The van der Waals surface area contributed by atoms with Crippen molar-refractivity contribution in [3.05, 3.63) is 85.2 Å². The van der Waals surface area contributed by atoms with Crippen molar-refractivity contribution in [2.45, 2.75) is 18.4 Å². The van der Waals surface area contributed by atoms with Crippen molar-refractivity contribution in [2.75, 3.05) is 11.9 Å². The lowest BCUT2D eigenvalue weighted by atomic mass is 10.1. The summed E-state index contributed by atoms with van der Waals surface area (Å²) in [5.74, 6) is 0. The molecular weight excluding hydrogens is 467 g/mol. The standard InChI is InChI=1S/C26H22N3OS3/c1-4-29-22(33-24(25(29)30)26-27(2)18-11-7-8-12-19(18)32-26)15-21-28(3)23-17-10-6-5-9-16(17)13-14-20(23)31-21/h5-15H,4H2,1-3H3/q+1. The van der Waals surface area contributed by atoms with E-state index in [9.17, 15) is 4.79 Å². The van der Waals surface area contributed by atoms with Crippen LogP contribution in [0, 0.1) is 0 Å². The minimum absolute atomic E-state index is 0.0881. The Morgan fingerprint density at radius 2 is 1.79 bits per heavy atom. The van der Waals surface area contributed by atoms with Gasteiger partial charge in [-0.1, -0.05) is 59.5 Å². The van der Waals surface area contributed by atoms with Crippen molar-refractivity contribution >= 4 is 72.2 Å². The SMILES string of the molecule is CCn1c(=Cc2sc3ccc4ccccc4c3[n+]2C)sc(=C2Sc3ccccc3N2C)c1=O. The van der Waals surface area contributed by atoms with Crippen LogP contribution in [0.25, 0.3) is 32.1 Å². The minimum Gasteiger partial charge on any atom is -0.337 e. The zero-order valence-electron chi connectivity index (χ0n) is 18.5. The van der Waals surface area contributed by atoms with E-state index in [1.165, 1.54) is 25.9 Å². The normalized spacial score (nSPS) is 15.7. The Bertz CT molecular complexity index is 1740. The summed E-state index contributed by atoms with van der Waals surface area (Å²) in [7, 11) is 4.16. The molecule has 4 nitrogen and oxygen atoms in total. The van der Waals surface area contributed by atoms with E-state index in [0.717, 1.165) is 24.9 Å². The largest absolute Gasteiger partial charge is 0.337 e. The smallest absolute Gasteiger partial charge is 0.271 e. The van der Waals surface area contributed by atoms with Crippen LogP contribution in [-0.2, 0) is 13.6 Å². The topological polar surface area (TPSA) is 29.1 Å². The van der Waals surface area contributed by atoms with Gasteiger partial charge in [0.1, 0.15) is 26.0 Å². The molecule has 0 bridgehead atoms. The summed E-state index contributed by atoms with van der Waals surface area (Å²) in [6.07, 6.45) is 2.17. The average Bonchev–Trinajstić information content (AvgIpc) is 3.45. The summed E-state index contributed by atoms with van der Waals surface area (Å²) in [5.41, 5.74) is 2.48. The number of thiazole rings is 2. The number of fused-ring (bicyclic) bond motifs is 4. The Labute approximate surface area is 203 Å². The van der Waals surface area contributed by atoms with Gasteiger partial charge in [-0.2, -0.15) is 4.57 Å². The van der Waals surface area contributed by atoms with Crippen LogP contribution < -0.4 is 24.2 Å². The van der Waals surface area contributed by atoms with Crippen molar-refractivity contribution in [3.8, 4) is 0 Å². The van der Waals surface area contributed by atoms with E-state index in [1.54, 1.807) is 34.4 Å². The maximum atomic E-state index is 13.4. The van der Waals surface area contributed by atoms with Gasteiger partial charge in [0.2, 0.25) is 5.52 Å². The molecule has 0 spiro atoms. The number of thioether (sulfide) groups is 1. The first-order valence-corrected chi connectivity index (χ1v) is 13.3. The van der Waals surface area contributed by atoms with Gasteiger partial charge in [-0.25, -0.2) is 0 Å². The van der Waals surface area contributed by atoms with Gasteiger partial charge >= 0.3 is 0 Å². The molecule has 0 saturated heterocycles. The third-order valence-electron chi connectivity index (χ3n) is 6.15. The second kappa shape index (κ2) is 7.87. The summed E-state index contributed by atoms with van der Waals surface area (Å²) >= 11 is 5.04. The average molecular weight is 489 g/mol. The number of aromatic nitrogens is 2. The highest BCUT2D eigenvalue weighted by molar-refractivity contribution is 8.08. The van der Waals surface area contributed by atoms with Gasteiger partial charge in [-0.15, -0.1) is 11.3 Å². The van der Waals surface area contributed by atoms with Gasteiger partial charge < -0.3 is 4.90 Å². The zero-order valence-corrected chi connectivity index (χ0v) is 21.0. The molecule has 0 fully saturated rings. The Kier molecular flexibility index (Phi) is 4.94. The van der Waals surface area contributed by atoms with E-state index < -0.39 is 0 Å². The van der Waals surface area contributed by atoms with Crippen LogP contribution in [0.5, 0.6) is 0 Å². The van der Waals surface area contributed by atoms with E-state index in [2.05, 4.69) is 71.1 Å². The van der Waals surface area contributed by atoms with E-state index in [1.807, 2.05) is 30.7 Å². The molecule has 1 aliphatic heterocycles. The highest BCUT2D eigenvalue weighted by Gasteiger charge is 2.24. The zero-order chi connectivity index (χ0) is 22.7. The summed E-state index contributed by atoms with van der Waals surface area (Å²) < 4.78 is 7.20. The molecule has 3 heterocycles. The Hall–Kier alpha value is -2.87. The van der Waals surface area contributed by atoms with Crippen molar-refractivity contribution < 1.29 is 4.57 Å². The number of benzene rings is 3. The van der Waals surface area contributed by atoms with Crippen LogP contribution in [0.2, 0.25) is 0 Å². The number of anilines is 1. The molecule has 0 atom stereocenters. The summed E-state index contributed by atoms with van der Waals surface area (Å²) in [4.78, 5) is 16.8. The highest BCUT2D eigenvalue weighted by Crippen LogP contribution is 2.44. The third-order valence-corrected chi connectivity index (χ3v) is 9.79. The Morgan fingerprint density at radius 1 is 1.00 bits per heavy atom. The van der Waals surface area contributed by atoms with E-state index in [4.69, 9.17) is 0 Å². The van der Waals surface area contributed by atoms with E-state index in [0.29, 0.717) is 6.54 Å². The van der Waals surface area contributed by atoms with Crippen molar-refractivity contribution in [1.82, 2.24) is 4.57 Å². The second-order valence-electron chi connectivity index (χ2n) is 8.03. The number of hydrogen-bond acceptors (Lipinski definition) is 5. The minimum atomic E-state index is 0.0881. The maximum Gasteiger partial charge on any atom is 0.271 e. The lowest BCUT2D eigenvalue weighted by Crippen LogP contribution is -2.34. The quantitative estimate of drug-likeness (QED) is 0.348. The molecule has 0 aliphatic carbocycles. The Morgan fingerprint density at radius 3 is 2.61 bits per heavy atom. The third kappa shape index (κ3) is 3.18. The molecule has 3 aromatic carbocycles. The molecule has 164 valence electrons. The van der Waals surface area contributed by atoms with Crippen molar-refractivity contribution in [1.29, 1.82) is 0 Å². The van der Waals surface area contributed by atoms with Crippen LogP contribution in [0.15, 0.2) is 70.4 Å². The van der Waals surface area contributed by atoms with Crippen LogP contribution in [-0.4, -0.2) is 11.6 Å². The monoisotopic (exact) mass is 488 g/mol. The number of hydrogen-bond donors (Lipinski definition) is 0. The van der Waals surface area contributed by atoms with Gasteiger partial charge in [0, 0.05) is 18.5 Å².